The van der Waals surface area contributed by atoms with Gasteiger partial charge in [0.15, 0.2) is 9.84 Å². The summed E-state index contributed by atoms with van der Waals surface area (Å²) in [4.78, 5) is 11.5. The Morgan fingerprint density at radius 1 is 1.30 bits per heavy atom. The molecule has 5 nitrogen and oxygen atoms in total. The molecule has 1 aromatic rings. The van der Waals surface area contributed by atoms with E-state index in [0.29, 0.717) is 0 Å². The number of carbonyl (C=O) groups is 1. The average Bonchev–Trinajstić information content (AvgIpc) is 2.44. The van der Waals surface area contributed by atoms with Gasteiger partial charge in [-0.15, -0.1) is 12.4 Å². The van der Waals surface area contributed by atoms with E-state index in [4.69, 9.17) is 5.73 Å². The van der Waals surface area contributed by atoms with Crippen LogP contribution in [0.2, 0.25) is 0 Å². The average molecular weight is 375 g/mol. The Morgan fingerprint density at radius 3 is 2.30 bits per heavy atom. The van der Waals surface area contributed by atoms with Crippen molar-refractivity contribution in [2.24, 2.45) is 11.7 Å². The van der Waals surface area contributed by atoms with Crippen LogP contribution in [0, 0.1) is 11.7 Å². The van der Waals surface area contributed by atoms with E-state index in [9.17, 15) is 26.4 Å². The first kappa shape index (κ1) is 21.7. The minimum atomic E-state index is -3.82. The summed E-state index contributed by atoms with van der Waals surface area (Å²) in [5.41, 5.74) is 4.83. The van der Waals surface area contributed by atoms with Crippen molar-refractivity contribution in [2.45, 2.75) is 17.7 Å². The topological polar surface area (TPSA) is 89.3 Å². The molecule has 23 heavy (non-hydrogen) atoms. The van der Waals surface area contributed by atoms with Gasteiger partial charge >= 0.3 is 0 Å². The van der Waals surface area contributed by atoms with Crippen LogP contribution in [0.15, 0.2) is 29.2 Å². The zero-order chi connectivity index (χ0) is 17.0. The maximum atomic E-state index is 12.9. The van der Waals surface area contributed by atoms with Crippen LogP contribution in [0.5, 0.6) is 0 Å². The largest absolute Gasteiger partial charge is 0.350 e. The predicted molar refractivity (Wildman–Crippen MR) is 81.9 cm³/mol. The maximum Gasteiger partial charge on any atom is 0.277 e. The molecule has 1 atom stereocenters. The molecule has 132 valence electrons. The minimum absolute atomic E-state index is 0. The smallest absolute Gasteiger partial charge is 0.277 e. The Bertz CT molecular complexity index is 624. The molecule has 0 fully saturated rings. The molecular weight excluding hydrogens is 357 g/mol. The Morgan fingerprint density at radius 2 is 1.83 bits per heavy atom. The first-order valence-electron chi connectivity index (χ1n) is 6.41. The van der Waals surface area contributed by atoms with E-state index in [-0.39, 0.29) is 17.3 Å². The second-order valence-corrected chi connectivity index (χ2v) is 6.95. The lowest BCUT2D eigenvalue weighted by Crippen LogP contribution is -2.44. The fourth-order valence-corrected chi connectivity index (χ4v) is 3.16. The Hall–Kier alpha value is -1.32. The summed E-state index contributed by atoms with van der Waals surface area (Å²) in [7, 11) is -3.82. The molecule has 0 heterocycles. The standard InChI is InChI=1S/C13H17F3N2O3S.ClH/c1-9(12(19)18-8-13(15,16)7-17)6-22(20,21)11-4-2-10(14)3-5-11;/h2-5,9H,6-8,17H2,1H3,(H,18,19);1H. The van der Waals surface area contributed by atoms with E-state index in [1.54, 1.807) is 0 Å². The van der Waals surface area contributed by atoms with E-state index in [2.05, 4.69) is 0 Å². The van der Waals surface area contributed by atoms with Crippen molar-refractivity contribution in [3.63, 3.8) is 0 Å². The number of rotatable bonds is 7. The molecule has 0 saturated heterocycles. The van der Waals surface area contributed by atoms with Crippen LogP contribution in [0.3, 0.4) is 0 Å². The number of hydrogen-bond acceptors (Lipinski definition) is 4. The molecule has 0 radical (unpaired) electrons. The van der Waals surface area contributed by atoms with E-state index >= 15 is 0 Å². The fourth-order valence-electron chi connectivity index (χ4n) is 1.61. The van der Waals surface area contributed by atoms with Crippen LogP contribution in [0.1, 0.15) is 6.92 Å². The SMILES string of the molecule is CC(CS(=O)(=O)c1ccc(F)cc1)C(=O)NCC(F)(F)CN.Cl. The van der Waals surface area contributed by atoms with Crippen LogP contribution >= 0.6 is 12.4 Å². The molecule has 1 amide bonds. The van der Waals surface area contributed by atoms with Crippen LogP contribution < -0.4 is 11.1 Å². The zero-order valence-corrected chi connectivity index (χ0v) is 13.9. The van der Waals surface area contributed by atoms with Gasteiger partial charge < -0.3 is 11.1 Å². The number of halogens is 4. The van der Waals surface area contributed by atoms with E-state index in [1.165, 1.54) is 6.92 Å². The van der Waals surface area contributed by atoms with E-state index in [1.807, 2.05) is 5.32 Å². The molecule has 1 aromatic carbocycles. The lowest BCUT2D eigenvalue weighted by atomic mass is 10.2. The second kappa shape index (κ2) is 8.51. The second-order valence-electron chi connectivity index (χ2n) is 4.91. The maximum absolute atomic E-state index is 12.9. The van der Waals surface area contributed by atoms with Gasteiger partial charge in [-0.2, -0.15) is 0 Å². The summed E-state index contributed by atoms with van der Waals surface area (Å²) in [6, 6.07) is 4.13. The molecule has 0 aliphatic rings. The summed E-state index contributed by atoms with van der Waals surface area (Å²) in [6.07, 6.45) is 0. The summed E-state index contributed by atoms with van der Waals surface area (Å²) in [5.74, 6) is -6.26. The molecule has 0 spiro atoms. The van der Waals surface area contributed by atoms with E-state index < -0.39 is 52.2 Å². The van der Waals surface area contributed by atoms with Crippen molar-refractivity contribution >= 4 is 28.2 Å². The number of amides is 1. The quantitative estimate of drug-likeness (QED) is 0.705. The predicted octanol–water partition coefficient (Wildman–Crippen LogP) is 1.37. The van der Waals surface area contributed by atoms with Crippen molar-refractivity contribution in [1.82, 2.24) is 5.32 Å². The summed E-state index contributed by atoms with van der Waals surface area (Å²) in [5, 5.41) is 1.96. The molecular formula is C13H18ClF3N2O3S. The molecule has 0 saturated carbocycles. The third kappa shape index (κ3) is 6.76. The van der Waals surface area contributed by atoms with Gasteiger partial charge in [-0.25, -0.2) is 21.6 Å². The third-order valence-corrected chi connectivity index (χ3v) is 4.84. The van der Waals surface area contributed by atoms with Gasteiger partial charge in [0.1, 0.15) is 5.82 Å². The lowest BCUT2D eigenvalue weighted by molar-refractivity contribution is -0.125. The normalized spacial score (nSPS) is 13.1. The number of benzene rings is 1. The number of carbonyl (C=O) groups excluding carboxylic acids is 1. The summed E-state index contributed by atoms with van der Waals surface area (Å²) in [6.45, 7) is -0.574. The van der Waals surface area contributed by atoms with Gasteiger partial charge in [0.2, 0.25) is 5.91 Å². The van der Waals surface area contributed by atoms with Crippen molar-refractivity contribution < 1.29 is 26.4 Å². The lowest BCUT2D eigenvalue weighted by Gasteiger charge is -2.17. The van der Waals surface area contributed by atoms with Gasteiger partial charge in [0, 0.05) is 5.92 Å². The Kier molecular flexibility index (Phi) is 8.02. The fraction of sp³-hybridized carbons (Fsp3) is 0.462. The molecule has 0 aliphatic heterocycles. The van der Waals surface area contributed by atoms with Gasteiger partial charge in [-0.3, -0.25) is 4.79 Å². The number of nitrogens with two attached hydrogens (primary N) is 1. The molecule has 0 aliphatic carbocycles. The molecule has 1 rings (SSSR count). The van der Waals surface area contributed by atoms with Crippen LogP contribution in [-0.4, -0.2) is 39.1 Å². The highest BCUT2D eigenvalue weighted by molar-refractivity contribution is 7.91. The molecule has 0 bridgehead atoms. The van der Waals surface area contributed by atoms with Crippen molar-refractivity contribution in [3.8, 4) is 0 Å². The highest BCUT2D eigenvalue weighted by Gasteiger charge is 2.29. The first-order valence-corrected chi connectivity index (χ1v) is 8.06. The third-order valence-electron chi connectivity index (χ3n) is 2.91. The Balaban J connectivity index is 0.00000484. The zero-order valence-electron chi connectivity index (χ0n) is 12.3. The highest BCUT2D eigenvalue weighted by Crippen LogP contribution is 2.15. The van der Waals surface area contributed by atoms with Crippen LogP contribution in [0.4, 0.5) is 13.2 Å². The van der Waals surface area contributed by atoms with Crippen molar-refractivity contribution in [2.75, 3.05) is 18.8 Å². The summed E-state index contributed by atoms with van der Waals surface area (Å²) >= 11 is 0. The number of sulfone groups is 1. The van der Waals surface area contributed by atoms with Gasteiger partial charge in [0.05, 0.1) is 23.7 Å². The van der Waals surface area contributed by atoms with Crippen LogP contribution in [0.25, 0.3) is 0 Å². The van der Waals surface area contributed by atoms with E-state index in [0.717, 1.165) is 24.3 Å². The van der Waals surface area contributed by atoms with Gasteiger partial charge in [-0.1, -0.05) is 6.92 Å². The number of alkyl halides is 2. The highest BCUT2D eigenvalue weighted by atomic mass is 35.5. The monoisotopic (exact) mass is 374 g/mol. The van der Waals surface area contributed by atoms with Crippen molar-refractivity contribution in [3.05, 3.63) is 30.1 Å². The number of nitrogens with one attached hydrogen (secondary N) is 1. The van der Waals surface area contributed by atoms with Gasteiger partial charge in [-0.05, 0) is 24.3 Å². The Labute approximate surface area is 138 Å². The minimum Gasteiger partial charge on any atom is -0.350 e. The summed E-state index contributed by atoms with van der Waals surface area (Å²) < 4.78 is 62.7. The van der Waals surface area contributed by atoms with Gasteiger partial charge in [0.25, 0.3) is 5.92 Å². The molecule has 1 unspecified atom stereocenters. The molecule has 10 heteroatoms. The first-order chi connectivity index (χ1) is 10.1. The van der Waals surface area contributed by atoms with Crippen LogP contribution in [-0.2, 0) is 14.6 Å². The number of hydrogen-bond donors (Lipinski definition) is 2. The van der Waals surface area contributed by atoms with Crippen molar-refractivity contribution in [1.29, 1.82) is 0 Å². The molecule has 3 N–H and O–H groups in total. The molecule has 0 aromatic heterocycles.